The first-order valence-electron chi connectivity index (χ1n) is 4.58. The molecule has 1 rings (SSSR count). The average Bonchev–Trinajstić information content (AvgIpc) is 1.99. The minimum absolute atomic E-state index is 0.0907. The number of hydrogen-bond acceptors (Lipinski definition) is 3. The van der Waals surface area contributed by atoms with E-state index in [4.69, 9.17) is 10.2 Å². The molecule has 82 valence electrons. The molecule has 0 radical (unpaired) electrons. The van der Waals surface area contributed by atoms with Crippen LogP contribution in [-0.4, -0.2) is 27.9 Å². The predicted octanol–water partition coefficient (Wildman–Crippen LogP) is 1.16. The fourth-order valence-corrected chi connectivity index (χ4v) is 1.99. The first kappa shape index (κ1) is 11.4. The largest absolute Gasteiger partial charge is 0.481 e. The first-order chi connectivity index (χ1) is 6.86. The van der Waals surface area contributed by atoms with Gasteiger partial charge in [0.15, 0.2) is 0 Å². The number of carboxylic acid groups (broad SMARTS) is 2. The van der Waals surface area contributed by atoms with Crippen LogP contribution in [0.2, 0.25) is 0 Å². The monoisotopic (exact) mass is 211 g/mol. The second-order valence-electron chi connectivity index (χ2n) is 3.66. The number of aliphatic carboxylic acids is 2. The van der Waals surface area contributed by atoms with Crippen molar-refractivity contribution >= 4 is 17.7 Å². The van der Waals surface area contributed by atoms with Crippen LogP contribution in [0, 0.1) is 11.8 Å². The molecule has 0 aromatic heterocycles. The minimum Gasteiger partial charge on any atom is -0.481 e. The van der Waals surface area contributed by atoms with E-state index in [0.717, 1.165) is 0 Å². The molecule has 0 spiro atoms. The molecule has 0 saturated heterocycles. The topological polar surface area (TPSA) is 87.0 Å². The van der Waals surface area contributed by atoms with Gasteiger partial charge in [-0.3, -0.25) is 9.79 Å². The van der Waals surface area contributed by atoms with E-state index < -0.39 is 23.8 Å². The molecule has 2 unspecified atom stereocenters. The number of carbonyl (C=O) groups is 2. The van der Waals surface area contributed by atoms with Gasteiger partial charge in [-0.2, -0.15) is 0 Å². The van der Waals surface area contributed by atoms with Crippen LogP contribution >= 0.6 is 0 Å². The molecule has 5 heteroatoms. The smallest absolute Gasteiger partial charge is 0.333 e. The number of allylic oxidation sites excluding steroid dienone is 1. The van der Waals surface area contributed by atoms with Gasteiger partial charge in [-0.1, -0.05) is 6.92 Å². The Morgan fingerprint density at radius 2 is 1.80 bits per heavy atom. The van der Waals surface area contributed by atoms with Crippen molar-refractivity contribution in [2.75, 3.05) is 0 Å². The summed E-state index contributed by atoms with van der Waals surface area (Å²) in [5.41, 5.74) is 0.940. The lowest BCUT2D eigenvalue weighted by molar-refractivity contribution is -0.140. The third-order valence-corrected chi connectivity index (χ3v) is 2.64. The highest BCUT2D eigenvalue weighted by Gasteiger charge is 2.36. The third-order valence-electron chi connectivity index (χ3n) is 2.64. The molecule has 0 aromatic carbocycles. The van der Waals surface area contributed by atoms with Gasteiger partial charge in [0.2, 0.25) is 0 Å². The molecule has 0 bridgehead atoms. The van der Waals surface area contributed by atoms with Crippen molar-refractivity contribution in [3.63, 3.8) is 0 Å². The number of aliphatic imine (C=N–C) groups is 1. The van der Waals surface area contributed by atoms with E-state index in [1.165, 1.54) is 0 Å². The van der Waals surface area contributed by atoms with Crippen molar-refractivity contribution in [3.8, 4) is 0 Å². The highest BCUT2D eigenvalue weighted by Crippen LogP contribution is 2.30. The van der Waals surface area contributed by atoms with Gasteiger partial charge in [0, 0.05) is 17.3 Å². The highest BCUT2D eigenvalue weighted by molar-refractivity contribution is 6.04. The second-order valence-corrected chi connectivity index (χ2v) is 3.66. The maximum Gasteiger partial charge on any atom is 0.333 e. The van der Waals surface area contributed by atoms with E-state index >= 15 is 0 Å². The van der Waals surface area contributed by atoms with Crippen molar-refractivity contribution in [2.24, 2.45) is 16.8 Å². The maximum atomic E-state index is 11.0. The van der Waals surface area contributed by atoms with E-state index in [2.05, 4.69) is 4.99 Å². The van der Waals surface area contributed by atoms with E-state index in [9.17, 15) is 9.59 Å². The summed E-state index contributed by atoms with van der Waals surface area (Å²) in [5, 5.41) is 17.9. The van der Waals surface area contributed by atoms with Crippen LogP contribution in [0.4, 0.5) is 0 Å². The second kappa shape index (κ2) is 3.84. The fraction of sp³-hybridized carbons (Fsp3) is 0.500. The van der Waals surface area contributed by atoms with Gasteiger partial charge in [0.25, 0.3) is 0 Å². The van der Waals surface area contributed by atoms with Gasteiger partial charge in [0.05, 0.1) is 5.57 Å². The lowest BCUT2D eigenvalue weighted by atomic mass is 9.81. The maximum absolute atomic E-state index is 11.0. The molecule has 0 fully saturated rings. The summed E-state index contributed by atoms with van der Waals surface area (Å²) in [6.45, 7) is 4.79. The average molecular weight is 211 g/mol. The van der Waals surface area contributed by atoms with Crippen LogP contribution in [0.25, 0.3) is 0 Å². The van der Waals surface area contributed by atoms with Gasteiger partial charge < -0.3 is 10.2 Å². The molecule has 15 heavy (non-hydrogen) atoms. The van der Waals surface area contributed by atoms with Crippen LogP contribution < -0.4 is 0 Å². The zero-order chi connectivity index (χ0) is 11.7. The van der Waals surface area contributed by atoms with Crippen molar-refractivity contribution in [3.05, 3.63) is 11.3 Å². The molecule has 0 aliphatic carbocycles. The van der Waals surface area contributed by atoms with Gasteiger partial charge in [-0.25, -0.2) is 4.79 Å². The van der Waals surface area contributed by atoms with Gasteiger partial charge in [-0.15, -0.1) is 0 Å². The number of nitrogens with zero attached hydrogens (tertiary/aromatic N) is 1. The summed E-state index contributed by atoms with van der Waals surface area (Å²) in [5.74, 6) is -3.50. The predicted molar refractivity (Wildman–Crippen MR) is 53.7 cm³/mol. The van der Waals surface area contributed by atoms with Crippen molar-refractivity contribution in [1.29, 1.82) is 0 Å². The Balaban J connectivity index is 3.24. The molecule has 5 nitrogen and oxygen atoms in total. The number of hydrogen-bond donors (Lipinski definition) is 2. The van der Waals surface area contributed by atoms with E-state index in [1.54, 1.807) is 20.8 Å². The quantitative estimate of drug-likeness (QED) is 0.717. The SMILES string of the molecule is CC1=NC(C)=C(C(=O)O)C(C)C1C(=O)O. The standard InChI is InChI=1S/C10H13NO4/c1-4-7(9(12)13)5(2)11-6(3)8(4)10(14)15/h4,7H,1-3H3,(H,12,13)(H,14,15). The van der Waals surface area contributed by atoms with Crippen LogP contribution in [0.3, 0.4) is 0 Å². The summed E-state index contributed by atoms with van der Waals surface area (Å²) in [6, 6.07) is 0. The lowest BCUT2D eigenvalue weighted by Crippen LogP contribution is -2.34. The Kier molecular flexibility index (Phi) is 2.93. The Labute approximate surface area is 87.1 Å². The molecule has 1 aliphatic heterocycles. The summed E-state index contributed by atoms with van der Waals surface area (Å²) >= 11 is 0. The Hall–Kier alpha value is -1.65. The summed E-state index contributed by atoms with van der Waals surface area (Å²) < 4.78 is 0. The van der Waals surface area contributed by atoms with E-state index in [1.807, 2.05) is 0 Å². The Bertz CT molecular complexity index is 381. The highest BCUT2D eigenvalue weighted by atomic mass is 16.4. The number of carboxylic acids is 2. The van der Waals surface area contributed by atoms with Crippen LogP contribution in [0.1, 0.15) is 20.8 Å². The Morgan fingerprint density at radius 1 is 1.27 bits per heavy atom. The lowest BCUT2D eigenvalue weighted by Gasteiger charge is -2.25. The van der Waals surface area contributed by atoms with Gasteiger partial charge in [0.1, 0.15) is 5.92 Å². The molecule has 1 heterocycles. The Morgan fingerprint density at radius 3 is 2.20 bits per heavy atom. The summed E-state index contributed by atoms with van der Waals surface area (Å²) in [6.07, 6.45) is 0. The van der Waals surface area contributed by atoms with Crippen LogP contribution in [0.5, 0.6) is 0 Å². The number of rotatable bonds is 2. The van der Waals surface area contributed by atoms with Gasteiger partial charge >= 0.3 is 11.9 Å². The molecule has 0 amide bonds. The zero-order valence-electron chi connectivity index (χ0n) is 8.81. The van der Waals surface area contributed by atoms with Gasteiger partial charge in [-0.05, 0) is 13.8 Å². The molecule has 2 atom stereocenters. The molecular formula is C10H13NO4. The van der Waals surface area contributed by atoms with E-state index in [0.29, 0.717) is 11.4 Å². The zero-order valence-corrected chi connectivity index (χ0v) is 8.81. The van der Waals surface area contributed by atoms with E-state index in [-0.39, 0.29) is 5.57 Å². The molecule has 1 aliphatic rings. The summed E-state index contributed by atoms with van der Waals surface area (Å²) in [4.78, 5) is 25.9. The van der Waals surface area contributed by atoms with Crippen LogP contribution in [0.15, 0.2) is 16.3 Å². The molecule has 0 aromatic rings. The first-order valence-corrected chi connectivity index (χ1v) is 4.58. The third kappa shape index (κ3) is 1.91. The molecule has 2 N–H and O–H groups in total. The molecule has 0 saturated carbocycles. The van der Waals surface area contributed by atoms with Crippen molar-refractivity contribution in [2.45, 2.75) is 20.8 Å². The minimum atomic E-state index is -1.09. The summed E-state index contributed by atoms with van der Waals surface area (Å²) in [7, 11) is 0. The van der Waals surface area contributed by atoms with Crippen molar-refractivity contribution in [1.82, 2.24) is 0 Å². The molecular weight excluding hydrogens is 198 g/mol. The fourth-order valence-electron chi connectivity index (χ4n) is 1.99. The normalized spacial score (nSPS) is 26.2. The van der Waals surface area contributed by atoms with Crippen molar-refractivity contribution < 1.29 is 19.8 Å². The van der Waals surface area contributed by atoms with Crippen LogP contribution in [-0.2, 0) is 9.59 Å².